The van der Waals surface area contributed by atoms with Gasteiger partial charge in [-0.1, -0.05) is 42.5 Å². The van der Waals surface area contributed by atoms with Crippen molar-refractivity contribution in [3.63, 3.8) is 0 Å². The molecule has 5 aromatic rings. The number of phenolic OH excluding ortho intramolecular Hbond substituents is 1. The first kappa shape index (κ1) is 16.5. The lowest BCUT2D eigenvalue weighted by Crippen LogP contribution is -2.03. The molecule has 28 heavy (non-hydrogen) atoms. The number of hydrogen-bond donors (Lipinski definition) is 1. The zero-order valence-corrected chi connectivity index (χ0v) is 15.7. The summed E-state index contributed by atoms with van der Waals surface area (Å²) < 4.78 is 3.90. The molecular formula is C22H19N5O. The van der Waals surface area contributed by atoms with E-state index in [2.05, 4.69) is 40.6 Å². The number of hydrogen-bond acceptors (Lipinski definition) is 4. The molecule has 0 unspecified atom stereocenters. The zero-order valence-electron chi connectivity index (χ0n) is 15.7. The molecule has 5 rings (SSSR count). The monoisotopic (exact) mass is 369 g/mol. The highest BCUT2D eigenvalue weighted by molar-refractivity contribution is 5.94. The van der Waals surface area contributed by atoms with E-state index in [-0.39, 0.29) is 5.75 Å². The van der Waals surface area contributed by atoms with Crippen LogP contribution >= 0.6 is 0 Å². The molecule has 0 aliphatic heterocycles. The van der Waals surface area contributed by atoms with Crippen molar-refractivity contribution in [2.45, 2.75) is 20.4 Å². The maximum absolute atomic E-state index is 10.2. The minimum absolute atomic E-state index is 0.164. The van der Waals surface area contributed by atoms with E-state index in [9.17, 15) is 5.11 Å². The second kappa shape index (κ2) is 6.20. The maximum Gasteiger partial charge on any atom is 0.185 e. The van der Waals surface area contributed by atoms with E-state index in [0.717, 1.165) is 34.5 Å². The van der Waals surface area contributed by atoms with Gasteiger partial charge in [0.05, 0.1) is 10.9 Å². The Balaban J connectivity index is 1.72. The molecule has 0 bridgehead atoms. The molecule has 2 aromatic carbocycles. The predicted molar refractivity (Wildman–Crippen MR) is 108 cm³/mol. The molecule has 0 saturated carbocycles. The Labute approximate surface area is 161 Å². The molecule has 0 aliphatic carbocycles. The summed E-state index contributed by atoms with van der Waals surface area (Å²) in [6.07, 6.45) is 1.69. The minimum Gasteiger partial charge on any atom is -0.507 e. The maximum atomic E-state index is 10.2. The number of phenols is 1. The van der Waals surface area contributed by atoms with Crippen LogP contribution in [-0.2, 0) is 6.54 Å². The average Bonchev–Trinajstić information content (AvgIpc) is 3.24. The summed E-state index contributed by atoms with van der Waals surface area (Å²) in [6, 6.07) is 17.4. The number of rotatable bonds is 3. The van der Waals surface area contributed by atoms with E-state index in [1.165, 1.54) is 5.56 Å². The third kappa shape index (κ3) is 2.45. The molecule has 0 saturated heterocycles. The second-order valence-corrected chi connectivity index (χ2v) is 6.95. The largest absolute Gasteiger partial charge is 0.507 e. The average molecular weight is 369 g/mol. The van der Waals surface area contributed by atoms with Crippen molar-refractivity contribution in [2.24, 2.45) is 0 Å². The van der Waals surface area contributed by atoms with Gasteiger partial charge in [0.15, 0.2) is 11.5 Å². The first-order chi connectivity index (χ1) is 13.6. The third-order valence-corrected chi connectivity index (χ3v) is 5.27. The van der Waals surface area contributed by atoms with Crippen LogP contribution < -0.4 is 0 Å². The van der Waals surface area contributed by atoms with E-state index in [1.807, 2.05) is 30.3 Å². The van der Waals surface area contributed by atoms with Crippen LogP contribution in [0.15, 0.2) is 60.9 Å². The van der Waals surface area contributed by atoms with Crippen molar-refractivity contribution in [3.05, 3.63) is 77.7 Å². The van der Waals surface area contributed by atoms with Gasteiger partial charge in [-0.15, -0.1) is 5.10 Å². The molecule has 1 N–H and O–H groups in total. The number of aryl methyl sites for hydroxylation is 1. The van der Waals surface area contributed by atoms with E-state index < -0.39 is 0 Å². The van der Waals surface area contributed by atoms with Crippen molar-refractivity contribution in [3.8, 4) is 17.1 Å². The highest BCUT2D eigenvalue weighted by Gasteiger charge is 2.19. The quantitative estimate of drug-likeness (QED) is 0.519. The van der Waals surface area contributed by atoms with Crippen molar-refractivity contribution in [1.29, 1.82) is 0 Å². The Morgan fingerprint density at radius 2 is 1.68 bits per heavy atom. The van der Waals surface area contributed by atoms with Crippen molar-refractivity contribution < 1.29 is 5.11 Å². The third-order valence-electron chi connectivity index (χ3n) is 5.27. The fourth-order valence-corrected chi connectivity index (χ4v) is 3.67. The predicted octanol–water partition coefficient (Wildman–Crippen LogP) is 4.12. The van der Waals surface area contributed by atoms with Crippen LogP contribution in [-0.4, -0.2) is 29.3 Å². The Morgan fingerprint density at radius 3 is 2.46 bits per heavy atom. The molecule has 138 valence electrons. The van der Waals surface area contributed by atoms with Gasteiger partial charge in [-0.2, -0.15) is 0 Å². The van der Waals surface area contributed by atoms with Gasteiger partial charge in [-0.25, -0.2) is 14.5 Å². The minimum atomic E-state index is 0.164. The van der Waals surface area contributed by atoms with Gasteiger partial charge in [0.25, 0.3) is 0 Å². The first-order valence-electron chi connectivity index (χ1n) is 9.16. The topological polar surface area (TPSA) is 68.2 Å². The molecule has 0 radical (unpaired) electrons. The fourth-order valence-electron chi connectivity index (χ4n) is 3.67. The number of aromatic hydroxyl groups is 1. The van der Waals surface area contributed by atoms with Crippen LogP contribution in [0.3, 0.4) is 0 Å². The van der Waals surface area contributed by atoms with E-state index >= 15 is 0 Å². The lowest BCUT2D eigenvalue weighted by atomic mass is 10.2. The molecule has 0 aliphatic rings. The number of benzene rings is 2. The van der Waals surface area contributed by atoms with Gasteiger partial charge < -0.3 is 9.67 Å². The summed E-state index contributed by atoms with van der Waals surface area (Å²) in [7, 11) is 0. The molecule has 3 aromatic heterocycles. The van der Waals surface area contributed by atoms with Crippen molar-refractivity contribution in [2.75, 3.05) is 0 Å². The van der Waals surface area contributed by atoms with E-state index in [4.69, 9.17) is 4.98 Å². The number of nitrogens with zero attached hydrogens (tertiary/aromatic N) is 5. The molecule has 3 heterocycles. The molecule has 0 spiro atoms. The summed E-state index contributed by atoms with van der Waals surface area (Å²) in [6.45, 7) is 4.95. The molecule has 0 atom stereocenters. The van der Waals surface area contributed by atoms with Gasteiger partial charge in [0.1, 0.15) is 17.7 Å². The van der Waals surface area contributed by atoms with Gasteiger partial charge in [0.2, 0.25) is 0 Å². The van der Waals surface area contributed by atoms with Gasteiger partial charge >= 0.3 is 0 Å². The Bertz CT molecular complexity index is 1320. The van der Waals surface area contributed by atoms with Crippen LogP contribution in [0.1, 0.15) is 16.8 Å². The molecule has 0 fully saturated rings. The molecule has 0 amide bonds. The highest BCUT2D eigenvalue weighted by atomic mass is 16.3. The summed E-state index contributed by atoms with van der Waals surface area (Å²) >= 11 is 0. The summed E-state index contributed by atoms with van der Waals surface area (Å²) in [5, 5.41) is 15.7. The van der Waals surface area contributed by atoms with Crippen LogP contribution in [0.25, 0.3) is 28.1 Å². The zero-order chi connectivity index (χ0) is 19.3. The first-order valence-corrected chi connectivity index (χ1v) is 9.16. The van der Waals surface area contributed by atoms with Crippen molar-refractivity contribution >= 4 is 16.7 Å². The van der Waals surface area contributed by atoms with Crippen molar-refractivity contribution in [1.82, 2.24) is 24.1 Å². The second-order valence-electron chi connectivity index (χ2n) is 6.95. The Morgan fingerprint density at radius 1 is 0.929 bits per heavy atom. The Hall–Kier alpha value is -3.67. The SMILES string of the molecule is Cc1c(C)n(Cc2ccccc2)c2ncn3nc(-c4ccccc4O)nc3c12. The standard InChI is InChI=1S/C22H19N5O/c1-14-15(2)26(12-16-8-4-3-5-9-16)21-19(14)22-24-20(25-27(22)13-23-21)17-10-6-7-11-18(17)28/h3-11,13,28H,12H2,1-2H3. The normalized spacial score (nSPS) is 11.5. The van der Waals surface area contributed by atoms with Gasteiger partial charge in [0, 0.05) is 12.2 Å². The summed E-state index contributed by atoms with van der Waals surface area (Å²) in [5.41, 5.74) is 5.77. The molecule has 6 nitrogen and oxygen atoms in total. The lowest BCUT2D eigenvalue weighted by molar-refractivity contribution is 0.477. The smallest absolute Gasteiger partial charge is 0.185 e. The highest BCUT2D eigenvalue weighted by Crippen LogP contribution is 2.31. The van der Waals surface area contributed by atoms with E-state index in [0.29, 0.717) is 11.4 Å². The Kier molecular flexibility index (Phi) is 3.65. The van der Waals surface area contributed by atoms with Crippen LogP contribution in [0.5, 0.6) is 5.75 Å². The number of fused-ring (bicyclic) bond motifs is 3. The molecular weight excluding hydrogens is 350 g/mol. The van der Waals surface area contributed by atoms with E-state index in [1.54, 1.807) is 23.0 Å². The van der Waals surface area contributed by atoms with Crippen LogP contribution in [0.4, 0.5) is 0 Å². The fraction of sp³-hybridized carbons (Fsp3) is 0.136. The lowest BCUT2D eigenvalue weighted by Gasteiger charge is -2.07. The van der Waals surface area contributed by atoms with Crippen LogP contribution in [0, 0.1) is 13.8 Å². The summed E-state index contributed by atoms with van der Waals surface area (Å²) in [5.74, 6) is 0.650. The molecule has 6 heteroatoms. The van der Waals surface area contributed by atoms with Gasteiger partial charge in [-0.3, -0.25) is 0 Å². The number of para-hydroxylation sites is 1. The van der Waals surface area contributed by atoms with Crippen LogP contribution in [0.2, 0.25) is 0 Å². The van der Waals surface area contributed by atoms with Gasteiger partial charge in [-0.05, 0) is 37.1 Å². The summed E-state index contributed by atoms with van der Waals surface area (Å²) in [4.78, 5) is 9.41. The number of aromatic nitrogens is 5.